The molecule has 0 saturated carbocycles. The van der Waals surface area contributed by atoms with E-state index in [1.807, 2.05) is 78.9 Å². The Morgan fingerprint density at radius 3 is 1.38 bits per heavy atom. The average Bonchev–Trinajstić information content (AvgIpc) is 2.79. The molecule has 0 unspecified atom stereocenters. The highest BCUT2D eigenvalue weighted by atomic mass is 79.9. The molecule has 4 aromatic carbocycles. The first-order valence-corrected chi connectivity index (χ1v) is 11.8. The van der Waals surface area contributed by atoms with Gasteiger partial charge in [0.05, 0.1) is 12.6 Å². The Labute approximate surface area is 179 Å². The smallest absolute Gasteiger partial charge is 0.267 e. The van der Waals surface area contributed by atoms with E-state index in [1.54, 1.807) is 0 Å². The highest BCUT2D eigenvalue weighted by molar-refractivity contribution is 9.10. The Balaban J connectivity index is 2.09. The zero-order valence-corrected chi connectivity index (χ0v) is 18.1. The summed E-state index contributed by atoms with van der Waals surface area (Å²) in [5, 5.41) is 3.16. The third-order valence-corrected chi connectivity index (χ3v) is 9.04. The lowest BCUT2D eigenvalue weighted by Gasteiger charge is -2.26. The summed E-state index contributed by atoms with van der Waals surface area (Å²) in [6.45, 7) is 0. The van der Waals surface area contributed by atoms with E-state index in [0.29, 0.717) is 5.56 Å². The zero-order valence-electron chi connectivity index (χ0n) is 15.7. The molecule has 142 valence electrons. The maximum atomic E-state index is 13.4. The molecule has 4 aromatic rings. The molecule has 0 bridgehead atoms. The summed E-state index contributed by atoms with van der Waals surface area (Å²) in [5.74, 6) is -0.220. The summed E-state index contributed by atoms with van der Waals surface area (Å²) in [4.78, 5) is 13.4. The molecule has 0 N–H and O–H groups in total. The van der Waals surface area contributed by atoms with Crippen molar-refractivity contribution in [2.24, 2.45) is 4.74 Å². The first kappa shape index (κ1) is 19.6. The molecular weight excluding hydrogens is 441 g/mol. The van der Waals surface area contributed by atoms with Crippen molar-refractivity contribution in [2.45, 2.75) is 0 Å². The number of carbonyl (C=O) groups excluding carboxylic acids is 1. The number of halogens is 1. The third kappa shape index (κ3) is 3.89. The Bertz CT molecular complexity index is 1070. The molecule has 2 nitrogen and oxygen atoms in total. The van der Waals surface area contributed by atoms with Gasteiger partial charge in [-0.2, -0.15) is 0 Å². The van der Waals surface area contributed by atoms with Crippen LogP contribution in [-0.4, -0.2) is 5.91 Å². The summed E-state index contributed by atoms with van der Waals surface area (Å²) < 4.78 is 5.74. The Morgan fingerprint density at radius 2 is 0.966 bits per heavy atom. The predicted molar refractivity (Wildman–Crippen MR) is 126 cm³/mol. The number of carbonyl (C=O) groups is 1. The molecule has 0 atom stereocenters. The summed E-state index contributed by atoms with van der Waals surface area (Å²) in [5.41, 5.74) is 0.569. The number of rotatable bonds is 4. The van der Waals surface area contributed by atoms with Crippen molar-refractivity contribution in [3.63, 3.8) is 0 Å². The second kappa shape index (κ2) is 8.73. The number of hydrogen-bond donors (Lipinski definition) is 0. The number of nitrogens with zero attached hydrogens (tertiary/aromatic N) is 1. The maximum absolute atomic E-state index is 13.4. The first-order valence-electron chi connectivity index (χ1n) is 9.30. The molecule has 0 radical (unpaired) electrons. The summed E-state index contributed by atoms with van der Waals surface area (Å²) in [6, 6.07) is 37.9. The monoisotopic (exact) mass is 459 g/mol. The molecule has 4 rings (SSSR count). The highest BCUT2D eigenvalue weighted by Gasteiger charge is 2.29. The Hall–Kier alpha value is -2.74. The molecule has 0 saturated heterocycles. The van der Waals surface area contributed by atoms with Gasteiger partial charge in [-0.15, -0.1) is 0 Å². The number of benzene rings is 4. The maximum Gasteiger partial charge on any atom is 0.277 e. The summed E-state index contributed by atoms with van der Waals surface area (Å²) >= 11 is 3.50. The Morgan fingerprint density at radius 1 is 0.586 bits per heavy atom. The molecule has 0 aliphatic heterocycles. The topological polar surface area (TPSA) is 29.4 Å². The van der Waals surface area contributed by atoms with Gasteiger partial charge < -0.3 is 0 Å². The van der Waals surface area contributed by atoms with Gasteiger partial charge in [0.15, 0.2) is 0 Å². The summed E-state index contributed by atoms with van der Waals surface area (Å²) in [6.07, 6.45) is 0. The molecule has 0 heterocycles. The van der Waals surface area contributed by atoms with Gasteiger partial charge in [-0.05, 0) is 28.1 Å². The van der Waals surface area contributed by atoms with Gasteiger partial charge in [0.2, 0.25) is 0 Å². The summed E-state index contributed by atoms with van der Waals surface area (Å²) in [7, 11) is -2.54. The van der Waals surface area contributed by atoms with Crippen molar-refractivity contribution >= 4 is 44.8 Å². The Kier molecular flexibility index (Phi) is 5.89. The molecule has 0 spiro atoms. The predicted octanol–water partition coefficient (Wildman–Crippen LogP) is 5.77. The van der Waals surface area contributed by atoms with E-state index >= 15 is 0 Å². The third-order valence-electron chi connectivity index (χ3n) is 4.73. The van der Waals surface area contributed by atoms with E-state index in [9.17, 15) is 4.79 Å². The molecule has 4 heteroatoms. The van der Waals surface area contributed by atoms with Crippen molar-refractivity contribution in [3.05, 3.63) is 125 Å². The number of amides is 1. The van der Waals surface area contributed by atoms with Gasteiger partial charge in [0, 0.05) is 20.4 Å². The standard InChI is InChI=1S/C25H19BrNOP/c26-24-19-11-10-18-23(24)25(28)27-29(20-12-4-1-5-13-20,21-14-6-2-7-15-21)22-16-8-3-9-17-22/h1-19H. The highest BCUT2D eigenvalue weighted by Crippen LogP contribution is 2.47. The van der Waals surface area contributed by atoms with Gasteiger partial charge >= 0.3 is 0 Å². The van der Waals surface area contributed by atoms with E-state index in [-0.39, 0.29) is 5.91 Å². The lowest BCUT2D eigenvalue weighted by molar-refractivity contribution is 0.100. The van der Waals surface area contributed by atoms with Crippen LogP contribution in [0.25, 0.3) is 0 Å². The normalized spacial score (nSPS) is 11.1. The molecule has 0 aromatic heterocycles. The van der Waals surface area contributed by atoms with Gasteiger partial charge in [-0.1, -0.05) is 103 Å². The van der Waals surface area contributed by atoms with Gasteiger partial charge in [0.25, 0.3) is 5.91 Å². The van der Waals surface area contributed by atoms with Crippen LogP contribution >= 0.6 is 23.0 Å². The molecule has 0 aliphatic carbocycles. The van der Waals surface area contributed by atoms with Gasteiger partial charge in [0.1, 0.15) is 0 Å². The van der Waals surface area contributed by atoms with Crippen molar-refractivity contribution in [1.82, 2.24) is 0 Å². The minimum Gasteiger partial charge on any atom is -0.267 e. The SMILES string of the molecule is O=C(N=P(c1ccccc1)(c1ccccc1)c1ccccc1)c1ccccc1Br. The van der Waals surface area contributed by atoms with Crippen molar-refractivity contribution in [1.29, 1.82) is 0 Å². The van der Waals surface area contributed by atoms with E-state index in [0.717, 1.165) is 20.4 Å². The van der Waals surface area contributed by atoms with Crippen molar-refractivity contribution in [3.8, 4) is 0 Å². The van der Waals surface area contributed by atoms with E-state index in [4.69, 9.17) is 4.74 Å². The van der Waals surface area contributed by atoms with Crippen LogP contribution < -0.4 is 15.9 Å². The van der Waals surface area contributed by atoms with Crippen LogP contribution in [0.3, 0.4) is 0 Å². The number of hydrogen-bond acceptors (Lipinski definition) is 1. The zero-order chi connectivity index (χ0) is 20.1. The van der Waals surface area contributed by atoms with Crippen LogP contribution in [0.2, 0.25) is 0 Å². The molecule has 1 amide bonds. The fraction of sp³-hybridized carbons (Fsp3) is 0. The van der Waals surface area contributed by atoms with Crippen molar-refractivity contribution in [2.75, 3.05) is 0 Å². The lowest BCUT2D eigenvalue weighted by atomic mass is 10.2. The van der Waals surface area contributed by atoms with Crippen LogP contribution in [0.4, 0.5) is 0 Å². The van der Waals surface area contributed by atoms with E-state index in [2.05, 4.69) is 52.3 Å². The average molecular weight is 460 g/mol. The van der Waals surface area contributed by atoms with Crippen LogP contribution in [0.1, 0.15) is 10.4 Å². The van der Waals surface area contributed by atoms with Crippen LogP contribution in [0.5, 0.6) is 0 Å². The van der Waals surface area contributed by atoms with Gasteiger partial charge in [-0.3, -0.25) is 4.79 Å². The first-order chi connectivity index (χ1) is 14.2. The van der Waals surface area contributed by atoms with Gasteiger partial charge in [-0.25, -0.2) is 4.74 Å². The fourth-order valence-corrected chi connectivity index (χ4v) is 7.26. The van der Waals surface area contributed by atoms with Crippen LogP contribution in [-0.2, 0) is 0 Å². The minimum absolute atomic E-state index is 0.220. The van der Waals surface area contributed by atoms with Crippen LogP contribution in [0, 0.1) is 0 Å². The minimum atomic E-state index is -2.54. The molecule has 0 aliphatic rings. The largest absolute Gasteiger partial charge is 0.277 e. The fourth-order valence-electron chi connectivity index (χ4n) is 3.38. The second-order valence-corrected chi connectivity index (χ2v) is 10.4. The lowest BCUT2D eigenvalue weighted by Crippen LogP contribution is -2.26. The quantitative estimate of drug-likeness (QED) is 0.356. The van der Waals surface area contributed by atoms with Crippen molar-refractivity contribution < 1.29 is 4.79 Å². The van der Waals surface area contributed by atoms with Crippen LogP contribution in [0.15, 0.2) is 124 Å². The second-order valence-electron chi connectivity index (χ2n) is 6.53. The van der Waals surface area contributed by atoms with E-state index in [1.165, 1.54) is 0 Å². The van der Waals surface area contributed by atoms with E-state index < -0.39 is 7.05 Å². The molecule has 29 heavy (non-hydrogen) atoms. The molecule has 0 fully saturated rings. The molecular formula is C25H19BrNOP.